The zero-order valence-corrected chi connectivity index (χ0v) is 8.57. The monoisotopic (exact) mass is 230 g/mol. The molecule has 2 heterocycles. The van der Waals surface area contributed by atoms with Crippen molar-refractivity contribution in [2.24, 2.45) is 0 Å². The number of halogens is 1. The van der Waals surface area contributed by atoms with Gasteiger partial charge in [-0.3, -0.25) is 0 Å². The molecule has 0 amide bonds. The molecular weight excluding hydrogens is 223 g/mol. The van der Waals surface area contributed by atoms with Gasteiger partial charge in [-0.25, -0.2) is 14.2 Å². The molecule has 3 rings (SSSR count). The first-order valence-electron chi connectivity index (χ1n) is 4.96. The van der Waals surface area contributed by atoms with Crippen molar-refractivity contribution in [1.82, 2.24) is 9.97 Å². The first-order chi connectivity index (χ1) is 8.16. The number of nitrogens with one attached hydrogen (secondary N) is 1. The van der Waals surface area contributed by atoms with E-state index in [1.54, 1.807) is 12.1 Å². The molecule has 2 N–H and O–H groups in total. The predicted octanol–water partition coefficient (Wildman–Crippen LogP) is 2.55. The van der Waals surface area contributed by atoms with Crippen LogP contribution in [0.5, 0.6) is 0 Å². The molecule has 1 aromatic carbocycles. The average Bonchev–Trinajstić information content (AvgIpc) is 2.67. The summed E-state index contributed by atoms with van der Waals surface area (Å²) in [5.74, 6) is -1.51. The molecule has 0 atom stereocenters. The molecule has 0 unspecified atom stereocenters. The highest BCUT2D eigenvalue weighted by molar-refractivity contribution is 6.08. The highest BCUT2D eigenvalue weighted by Gasteiger charge is 2.12. The average molecular weight is 230 g/mol. The van der Waals surface area contributed by atoms with Gasteiger partial charge in [0, 0.05) is 16.3 Å². The van der Waals surface area contributed by atoms with E-state index in [9.17, 15) is 9.18 Å². The molecule has 17 heavy (non-hydrogen) atoms. The number of nitrogens with zero attached hydrogens (tertiary/aromatic N) is 1. The van der Waals surface area contributed by atoms with Crippen molar-refractivity contribution in [3.05, 3.63) is 42.0 Å². The molecule has 0 aliphatic rings. The van der Waals surface area contributed by atoms with Gasteiger partial charge in [0.25, 0.3) is 0 Å². The normalized spacial score (nSPS) is 11.1. The van der Waals surface area contributed by atoms with Gasteiger partial charge in [-0.2, -0.15) is 0 Å². The van der Waals surface area contributed by atoms with E-state index >= 15 is 0 Å². The molecule has 0 aliphatic heterocycles. The molecule has 4 nitrogen and oxygen atoms in total. The predicted molar refractivity (Wildman–Crippen MR) is 60.5 cm³/mol. The lowest BCUT2D eigenvalue weighted by molar-refractivity contribution is 0.0691. The van der Waals surface area contributed by atoms with E-state index in [0.717, 1.165) is 0 Å². The maximum atomic E-state index is 13.7. The minimum atomic E-state index is -1.13. The molecule has 0 saturated heterocycles. The van der Waals surface area contributed by atoms with E-state index in [1.165, 1.54) is 18.3 Å². The Bertz CT molecular complexity index is 749. The maximum absolute atomic E-state index is 13.7. The minimum Gasteiger partial charge on any atom is -0.477 e. The number of fused-ring (bicyclic) bond motifs is 3. The van der Waals surface area contributed by atoms with Gasteiger partial charge in [0.1, 0.15) is 11.5 Å². The van der Waals surface area contributed by atoms with Crippen LogP contribution in [0.4, 0.5) is 4.39 Å². The number of carboxylic acid groups (broad SMARTS) is 1. The standard InChI is InChI=1S/C12H7FN2O2/c13-7-2-1-3-8-11(7)6-4-9(12(16)17)14-5-10(6)15-8/h1-5,15H,(H,16,17). The van der Waals surface area contributed by atoms with E-state index in [0.29, 0.717) is 21.8 Å². The van der Waals surface area contributed by atoms with Gasteiger partial charge in [0.15, 0.2) is 0 Å². The van der Waals surface area contributed by atoms with Crippen LogP contribution in [-0.2, 0) is 0 Å². The Morgan fingerprint density at radius 1 is 1.35 bits per heavy atom. The second-order valence-corrected chi connectivity index (χ2v) is 3.71. The van der Waals surface area contributed by atoms with Crippen LogP contribution in [0.15, 0.2) is 30.5 Å². The molecule has 2 aromatic heterocycles. The van der Waals surface area contributed by atoms with E-state index < -0.39 is 5.97 Å². The minimum absolute atomic E-state index is 0.0957. The number of aromatic carboxylic acids is 1. The number of H-pyrrole nitrogens is 1. The molecule has 0 bridgehead atoms. The number of aromatic nitrogens is 2. The number of hydrogen-bond acceptors (Lipinski definition) is 2. The van der Waals surface area contributed by atoms with Crippen LogP contribution in [0.3, 0.4) is 0 Å². The molecule has 84 valence electrons. The molecule has 5 heteroatoms. The highest BCUT2D eigenvalue weighted by Crippen LogP contribution is 2.27. The van der Waals surface area contributed by atoms with Crippen LogP contribution in [0.25, 0.3) is 21.8 Å². The summed E-state index contributed by atoms with van der Waals surface area (Å²) in [6.45, 7) is 0. The summed E-state index contributed by atoms with van der Waals surface area (Å²) in [7, 11) is 0. The van der Waals surface area contributed by atoms with Crippen molar-refractivity contribution >= 4 is 27.8 Å². The third-order valence-electron chi connectivity index (χ3n) is 2.68. The smallest absolute Gasteiger partial charge is 0.354 e. The Morgan fingerprint density at radius 2 is 2.18 bits per heavy atom. The van der Waals surface area contributed by atoms with Gasteiger partial charge in [0.2, 0.25) is 0 Å². The highest BCUT2D eigenvalue weighted by atomic mass is 19.1. The molecule has 0 radical (unpaired) electrons. The van der Waals surface area contributed by atoms with Crippen LogP contribution >= 0.6 is 0 Å². The number of aromatic amines is 1. The van der Waals surface area contributed by atoms with Crippen molar-refractivity contribution < 1.29 is 14.3 Å². The third kappa shape index (κ3) is 1.36. The molecular formula is C12H7FN2O2. The number of pyridine rings is 1. The van der Waals surface area contributed by atoms with Crippen molar-refractivity contribution in [2.45, 2.75) is 0 Å². The van der Waals surface area contributed by atoms with Crippen LogP contribution in [0.2, 0.25) is 0 Å². The Hall–Kier alpha value is -2.43. The van der Waals surface area contributed by atoms with Gasteiger partial charge < -0.3 is 10.1 Å². The van der Waals surface area contributed by atoms with Crippen LogP contribution < -0.4 is 0 Å². The number of hydrogen-bond donors (Lipinski definition) is 2. The Labute approximate surface area is 94.7 Å². The second-order valence-electron chi connectivity index (χ2n) is 3.71. The fraction of sp³-hybridized carbons (Fsp3) is 0. The number of carboxylic acids is 1. The molecule has 0 spiro atoms. The SMILES string of the molecule is O=C(O)c1cc2c(cn1)[nH]c1cccc(F)c12. The summed E-state index contributed by atoms with van der Waals surface area (Å²) in [6.07, 6.45) is 1.40. The largest absolute Gasteiger partial charge is 0.477 e. The number of benzene rings is 1. The molecule has 0 saturated carbocycles. The lowest BCUT2D eigenvalue weighted by atomic mass is 10.1. The number of carbonyl (C=O) groups is 1. The molecule has 0 aliphatic carbocycles. The lowest BCUT2D eigenvalue weighted by Gasteiger charge is -1.95. The molecule has 0 fully saturated rings. The van der Waals surface area contributed by atoms with E-state index in [-0.39, 0.29) is 11.5 Å². The Kier molecular flexibility index (Phi) is 1.89. The quantitative estimate of drug-likeness (QED) is 0.675. The van der Waals surface area contributed by atoms with Gasteiger partial charge in [-0.1, -0.05) is 6.07 Å². The van der Waals surface area contributed by atoms with Crippen molar-refractivity contribution in [2.75, 3.05) is 0 Å². The summed E-state index contributed by atoms with van der Waals surface area (Å²) in [6, 6.07) is 6.05. The van der Waals surface area contributed by atoms with Crippen LogP contribution in [0, 0.1) is 5.82 Å². The fourth-order valence-corrected chi connectivity index (χ4v) is 1.93. The van der Waals surface area contributed by atoms with E-state index in [1.807, 2.05) is 0 Å². The zero-order valence-electron chi connectivity index (χ0n) is 8.57. The van der Waals surface area contributed by atoms with Gasteiger partial charge in [0.05, 0.1) is 11.7 Å². The van der Waals surface area contributed by atoms with Crippen molar-refractivity contribution in [3.8, 4) is 0 Å². The second kappa shape index (κ2) is 3.28. The topological polar surface area (TPSA) is 66.0 Å². The molecule has 3 aromatic rings. The fourth-order valence-electron chi connectivity index (χ4n) is 1.93. The van der Waals surface area contributed by atoms with Gasteiger partial charge in [-0.15, -0.1) is 0 Å². The maximum Gasteiger partial charge on any atom is 0.354 e. The summed E-state index contributed by atoms with van der Waals surface area (Å²) < 4.78 is 13.7. The number of rotatable bonds is 1. The van der Waals surface area contributed by atoms with Gasteiger partial charge in [-0.05, 0) is 18.2 Å². The summed E-state index contributed by atoms with van der Waals surface area (Å²) in [4.78, 5) is 17.6. The van der Waals surface area contributed by atoms with Crippen LogP contribution in [-0.4, -0.2) is 21.0 Å². The Balaban J connectivity index is 2.48. The summed E-state index contributed by atoms with van der Waals surface area (Å²) in [5, 5.41) is 9.79. The summed E-state index contributed by atoms with van der Waals surface area (Å²) >= 11 is 0. The van der Waals surface area contributed by atoms with Gasteiger partial charge >= 0.3 is 5.97 Å². The van der Waals surface area contributed by atoms with E-state index in [4.69, 9.17) is 5.11 Å². The third-order valence-corrected chi connectivity index (χ3v) is 2.68. The lowest BCUT2D eigenvalue weighted by Crippen LogP contribution is -1.98. The van der Waals surface area contributed by atoms with Crippen molar-refractivity contribution in [3.63, 3.8) is 0 Å². The first-order valence-corrected chi connectivity index (χ1v) is 4.96. The van der Waals surface area contributed by atoms with Crippen molar-refractivity contribution in [1.29, 1.82) is 0 Å². The van der Waals surface area contributed by atoms with E-state index in [2.05, 4.69) is 9.97 Å². The summed E-state index contributed by atoms with van der Waals surface area (Å²) in [5.41, 5.74) is 1.15. The Morgan fingerprint density at radius 3 is 2.94 bits per heavy atom. The van der Waals surface area contributed by atoms with Crippen LogP contribution in [0.1, 0.15) is 10.5 Å². The zero-order chi connectivity index (χ0) is 12.0. The first kappa shape index (κ1) is 9.77.